The van der Waals surface area contributed by atoms with Crippen LogP contribution in [-0.2, 0) is 0 Å². The Morgan fingerprint density at radius 3 is 2.47 bits per heavy atom. The summed E-state index contributed by atoms with van der Waals surface area (Å²) in [5.41, 5.74) is 1.99. The summed E-state index contributed by atoms with van der Waals surface area (Å²) in [4.78, 5) is 0. The van der Waals surface area contributed by atoms with E-state index in [4.69, 9.17) is 4.74 Å². The third kappa shape index (κ3) is 1.91. The third-order valence-corrected chi connectivity index (χ3v) is 3.02. The molecule has 1 unspecified atom stereocenters. The number of methoxy groups -OCH3 is 1. The Labute approximate surface area is 102 Å². The molecular formula is C14H19NO2. The fourth-order valence-electron chi connectivity index (χ4n) is 2.31. The van der Waals surface area contributed by atoms with Crippen LogP contribution in [0.15, 0.2) is 24.3 Å². The van der Waals surface area contributed by atoms with Crippen molar-refractivity contribution in [3.8, 4) is 5.75 Å². The first-order valence-corrected chi connectivity index (χ1v) is 5.92. The average Bonchev–Trinajstić information content (AvgIpc) is 2.67. The molecule has 0 fully saturated rings. The fraction of sp³-hybridized carbons (Fsp3) is 0.429. The van der Waals surface area contributed by atoms with Crippen LogP contribution in [0.4, 0.5) is 0 Å². The first-order valence-electron chi connectivity index (χ1n) is 5.92. The zero-order valence-electron chi connectivity index (χ0n) is 10.8. The minimum Gasteiger partial charge on any atom is -0.495 e. The van der Waals surface area contributed by atoms with Gasteiger partial charge in [0.15, 0.2) is 0 Å². The van der Waals surface area contributed by atoms with Gasteiger partial charge in [0.25, 0.3) is 0 Å². The maximum absolute atomic E-state index is 9.86. The maximum atomic E-state index is 9.86. The van der Waals surface area contributed by atoms with Crippen LogP contribution < -0.4 is 4.74 Å². The van der Waals surface area contributed by atoms with Gasteiger partial charge in [-0.05, 0) is 32.9 Å². The quantitative estimate of drug-likeness (QED) is 0.882. The zero-order valence-corrected chi connectivity index (χ0v) is 10.8. The van der Waals surface area contributed by atoms with Gasteiger partial charge in [-0.15, -0.1) is 0 Å². The molecule has 0 aliphatic carbocycles. The summed E-state index contributed by atoms with van der Waals surface area (Å²) in [7, 11) is 1.68. The van der Waals surface area contributed by atoms with Gasteiger partial charge in [-0.2, -0.15) is 0 Å². The summed E-state index contributed by atoms with van der Waals surface area (Å²) in [6.07, 6.45) is -0.477. The van der Waals surface area contributed by atoms with Gasteiger partial charge in [0.05, 0.1) is 18.7 Å². The molecule has 0 amide bonds. The second-order valence-corrected chi connectivity index (χ2v) is 4.61. The fourth-order valence-corrected chi connectivity index (χ4v) is 2.31. The largest absolute Gasteiger partial charge is 0.495 e. The van der Waals surface area contributed by atoms with E-state index in [0.29, 0.717) is 0 Å². The molecule has 0 aliphatic rings. The summed E-state index contributed by atoms with van der Waals surface area (Å²) in [5, 5.41) is 11.0. The number of rotatable bonds is 3. The van der Waals surface area contributed by atoms with E-state index in [0.717, 1.165) is 22.3 Å². The molecule has 3 nitrogen and oxygen atoms in total. The molecule has 2 aromatic rings. The molecule has 0 bridgehead atoms. The van der Waals surface area contributed by atoms with E-state index in [1.807, 2.05) is 24.3 Å². The number of fused-ring (bicyclic) bond motifs is 1. The Balaban J connectivity index is 2.82. The van der Waals surface area contributed by atoms with Crippen LogP contribution >= 0.6 is 0 Å². The summed E-state index contributed by atoms with van der Waals surface area (Å²) in [6.45, 7) is 6.01. The Hall–Kier alpha value is -1.48. The smallest absolute Gasteiger partial charge is 0.143 e. The predicted octanol–water partition coefficient (Wildman–Crippen LogP) is 3.28. The van der Waals surface area contributed by atoms with E-state index in [2.05, 4.69) is 18.4 Å². The molecule has 1 N–H and O–H groups in total. The Morgan fingerprint density at radius 2 is 1.94 bits per heavy atom. The number of aliphatic hydroxyl groups is 1. The monoisotopic (exact) mass is 233 g/mol. The summed E-state index contributed by atoms with van der Waals surface area (Å²) >= 11 is 0. The average molecular weight is 233 g/mol. The van der Waals surface area contributed by atoms with Crippen LogP contribution in [0.3, 0.4) is 0 Å². The van der Waals surface area contributed by atoms with Gasteiger partial charge in [0, 0.05) is 17.1 Å². The summed E-state index contributed by atoms with van der Waals surface area (Å²) in [5.74, 6) is 0.850. The molecule has 3 heteroatoms. The first-order chi connectivity index (χ1) is 8.06. The Morgan fingerprint density at radius 1 is 1.24 bits per heavy atom. The van der Waals surface area contributed by atoms with Gasteiger partial charge in [-0.25, -0.2) is 0 Å². The molecule has 1 aromatic carbocycles. The molecule has 2 rings (SSSR count). The van der Waals surface area contributed by atoms with Gasteiger partial charge in [-0.1, -0.05) is 12.1 Å². The maximum Gasteiger partial charge on any atom is 0.143 e. The molecule has 0 radical (unpaired) electrons. The molecular weight excluding hydrogens is 214 g/mol. The van der Waals surface area contributed by atoms with Crippen molar-refractivity contribution in [2.75, 3.05) is 7.11 Å². The van der Waals surface area contributed by atoms with E-state index in [-0.39, 0.29) is 6.04 Å². The standard InChI is InChI=1S/C14H19NO2/c1-9(2)15-12(10(3)16)8-11-6-5-7-13(17-4)14(11)15/h5-10,16H,1-4H3. The molecule has 17 heavy (non-hydrogen) atoms. The molecule has 0 saturated carbocycles. The molecule has 0 spiro atoms. The minimum atomic E-state index is -0.477. The SMILES string of the molecule is COc1cccc2cc(C(C)O)n(C(C)C)c12. The van der Waals surface area contributed by atoms with Crippen LogP contribution in [0, 0.1) is 0 Å². The Kier molecular flexibility index (Phi) is 3.11. The molecule has 1 aromatic heterocycles. The van der Waals surface area contributed by atoms with Crippen molar-refractivity contribution in [2.24, 2.45) is 0 Å². The van der Waals surface area contributed by atoms with E-state index in [9.17, 15) is 5.11 Å². The topological polar surface area (TPSA) is 34.4 Å². The number of aromatic nitrogens is 1. The summed E-state index contributed by atoms with van der Waals surface area (Å²) < 4.78 is 7.55. The number of para-hydroxylation sites is 1. The van der Waals surface area contributed by atoms with Crippen molar-refractivity contribution in [2.45, 2.75) is 32.9 Å². The van der Waals surface area contributed by atoms with E-state index >= 15 is 0 Å². The number of hydrogen-bond acceptors (Lipinski definition) is 2. The van der Waals surface area contributed by atoms with E-state index < -0.39 is 6.10 Å². The van der Waals surface area contributed by atoms with Crippen LogP contribution in [0.1, 0.15) is 38.6 Å². The van der Waals surface area contributed by atoms with Gasteiger partial charge in [0.2, 0.25) is 0 Å². The van der Waals surface area contributed by atoms with Crippen molar-refractivity contribution < 1.29 is 9.84 Å². The van der Waals surface area contributed by atoms with Crippen molar-refractivity contribution in [1.82, 2.24) is 4.57 Å². The Bertz CT molecular complexity index is 526. The van der Waals surface area contributed by atoms with E-state index in [1.54, 1.807) is 14.0 Å². The molecule has 0 aliphatic heterocycles. The molecule has 0 saturated heterocycles. The van der Waals surface area contributed by atoms with Crippen LogP contribution in [0.25, 0.3) is 10.9 Å². The third-order valence-electron chi connectivity index (χ3n) is 3.02. The highest BCUT2D eigenvalue weighted by Gasteiger charge is 2.17. The number of benzene rings is 1. The van der Waals surface area contributed by atoms with Crippen LogP contribution in [0.5, 0.6) is 5.75 Å². The summed E-state index contributed by atoms with van der Waals surface area (Å²) in [6, 6.07) is 8.28. The second kappa shape index (κ2) is 4.41. The highest BCUT2D eigenvalue weighted by atomic mass is 16.5. The number of ether oxygens (including phenoxy) is 1. The minimum absolute atomic E-state index is 0.286. The molecule has 1 heterocycles. The lowest BCUT2D eigenvalue weighted by Gasteiger charge is -2.17. The number of hydrogen-bond donors (Lipinski definition) is 1. The van der Waals surface area contributed by atoms with Crippen molar-refractivity contribution in [3.05, 3.63) is 30.0 Å². The van der Waals surface area contributed by atoms with Gasteiger partial charge in [0.1, 0.15) is 5.75 Å². The highest BCUT2D eigenvalue weighted by Crippen LogP contribution is 2.33. The lowest BCUT2D eigenvalue weighted by molar-refractivity contribution is 0.188. The molecule has 1 atom stereocenters. The number of nitrogens with zero attached hydrogens (tertiary/aromatic N) is 1. The van der Waals surface area contributed by atoms with E-state index in [1.165, 1.54) is 0 Å². The normalized spacial score (nSPS) is 13.3. The van der Waals surface area contributed by atoms with Crippen molar-refractivity contribution in [1.29, 1.82) is 0 Å². The predicted molar refractivity (Wildman–Crippen MR) is 69.5 cm³/mol. The van der Waals surface area contributed by atoms with Crippen molar-refractivity contribution >= 4 is 10.9 Å². The number of aliphatic hydroxyl groups excluding tert-OH is 1. The van der Waals surface area contributed by atoms with Gasteiger partial charge < -0.3 is 14.4 Å². The lowest BCUT2D eigenvalue weighted by Crippen LogP contribution is -2.08. The van der Waals surface area contributed by atoms with Gasteiger partial charge in [-0.3, -0.25) is 0 Å². The van der Waals surface area contributed by atoms with Crippen molar-refractivity contribution in [3.63, 3.8) is 0 Å². The second-order valence-electron chi connectivity index (χ2n) is 4.61. The molecule has 92 valence electrons. The zero-order chi connectivity index (χ0) is 12.6. The lowest BCUT2D eigenvalue weighted by atomic mass is 10.2. The highest BCUT2D eigenvalue weighted by molar-refractivity contribution is 5.87. The van der Waals surface area contributed by atoms with Crippen LogP contribution in [0.2, 0.25) is 0 Å². The van der Waals surface area contributed by atoms with Crippen LogP contribution in [-0.4, -0.2) is 16.8 Å². The first kappa shape index (κ1) is 12.0. The van der Waals surface area contributed by atoms with Gasteiger partial charge >= 0.3 is 0 Å².